The van der Waals surface area contributed by atoms with Crippen molar-refractivity contribution in [3.8, 4) is 17.2 Å². The number of aliphatic hydroxyl groups is 2. The molecule has 1 aromatic heterocycles. The highest BCUT2D eigenvalue weighted by molar-refractivity contribution is 5.85. The van der Waals surface area contributed by atoms with Crippen LogP contribution < -0.4 is 25.8 Å². The lowest BCUT2D eigenvalue weighted by atomic mass is 10.0. The Morgan fingerprint density at radius 3 is 2.79 bits per heavy atom. The minimum absolute atomic E-state index is 0.138. The molecule has 218 valence electrons. The Morgan fingerprint density at radius 1 is 1.10 bits per heavy atom. The Morgan fingerprint density at radius 2 is 1.93 bits per heavy atom. The second-order valence-corrected chi connectivity index (χ2v) is 9.91. The largest absolute Gasteiger partial charge is 0.489 e. The van der Waals surface area contributed by atoms with Gasteiger partial charge in [-0.3, -0.25) is 4.57 Å². The number of alkyl carbamates (subject to hydrolysis) is 1. The van der Waals surface area contributed by atoms with Crippen molar-refractivity contribution < 1.29 is 34.0 Å². The summed E-state index contributed by atoms with van der Waals surface area (Å²) in [4.78, 5) is 29.0. The van der Waals surface area contributed by atoms with Crippen molar-refractivity contribution in [3.05, 3.63) is 82.9 Å². The van der Waals surface area contributed by atoms with Gasteiger partial charge in [0.05, 0.1) is 32.1 Å². The molecule has 0 bridgehead atoms. The molecule has 4 N–H and O–H groups in total. The Hall–Kier alpha value is -4.65. The molecule has 1 amide bonds. The van der Waals surface area contributed by atoms with Crippen LogP contribution in [0.15, 0.2) is 71.7 Å². The standard InChI is InChI=1S/C30H30N4O8/c35-17-25-21(36)15-26(42-25)34-16-24-28(33-29(34)37)32-27-22(9-4-10-23(27)41-24)39-14-12-31-30(38)40-13-11-19-7-3-6-18-5-1-2-8-20(18)19/h1-10,16,21,25-26,35-36H,11-15,17H2,(H,31,38)(H,32,33,37)/t21-,25-,26-/m1/s1. The van der Waals surface area contributed by atoms with Crippen molar-refractivity contribution >= 4 is 28.4 Å². The van der Waals surface area contributed by atoms with Gasteiger partial charge in [-0.15, -0.1) is 0 Å². The number of benzene rings is 3. The van der Waals surface area contributed by atoms with Crippen LogP contribution in [0.1, 0.15) is 18.2 Å². The van der Waals surface area contributed by atoms with E-state index in [9.17, 15) is 19.8 Å². The molecule has 0 aliphatic carbocycles. The van der Waals surface area contributed by atoms with Crippen molar-refractivity contribution in [1.82, 2.24) is 14.9 Å². The summed E-state index contributed by atoms with van der Waals surface area (Å²) in [7, 11) is 0. The Kier molecular flexibility index (Phi) is 7.91. The van der Waals surface area contributed by atoms with Gasteiger partial charge in [0.15, 0.2) is 17.3 Å². The minimum atomic E-state index is -0.895. The number of nitrogens with one attached hydrogen (secondary N) is 2. The number of carbonyl (C=O) groups excluding carboxylic acids is 1. The summed E-state index contributed by atoms with van der Waals surface area (Å²) in [6.07, 6.45) is -0.779. The zero-order valence-electron chi connectivity index (χ0n) is 22.6. The number of amides is 1. The van der Waals surface area contributed by atoms with Crippen LogP contribution in [0.3, 0.4) is 0 Å². The number of aliphatic hydroxyl groups excluding tert-OH is 2. The van der Waals surface area contributed by atoms with Crippen molar-refractivity contribution in [2.24, 2.45) is 0 Å². The van der Waals surface area contributed by atoms with Gasteiger partial charge in [0.25, 0.3) is 0 Å². The molecule has 3 heterocycles. The summed E-state index contributed by atoms with van der Waals surface area (Å²) in [6, 6.07) is 19.4. The molecule has 3 aromatic carbocycles. The molecule has 2 aliphatic heterocycles. The molecule has 4 aromatic rings. The van der Waals surface area contributed by atoms with Gasteiger partial charge in [-0.05, 0) is 28.5 Å². The quantitative estimate of drug-likeness (QED) is 0.193. The van der Waals surface area contributed by atoms with Gasteiger partial charge >= 0.3 is 11.8 Å². The lowest BCUT2D eigenvalue weighted by molar-refractivity contribution is -0.0459. The SMILES string of the molecule is O=C(NCCOc1cccc2c1Nc1nc(=O)n([C@H]3C[C@@H](O)[C@@H](CO)O3)cc1O2)OCCc1cccc2ccccc12. The van der Waals surface area contributed by atoms with E-state index in [2.05, 4.69) is 33.8 Å². The van der Waals surface area contributed by atoms with Crippen LogP contribution >= 0.6 is 0 Å². The summed E-state index contributed by atoms with van der Waals surface area (Å²) in [5.41, 5.74) is 0.995. The van der Waals surface area contributed by atoms with E-state index in [0.717, 1.165) is 16.3 Å². The molecule has 6 rings (SSSR count). The van der Waals surface area contributed by atoms with Gasteiger partial charge in [-0.2, -0.15) is 4.98 Å². The molecule has 12 nitrogen and oxygen atoms in total. The number of carbonyl (C=O) groups is 1. The highest BCUT2D eigenvalue weighted by Gasteiger charge is 2.36. The number of fused-ring (bicyclic) bond motifs is 3. The monoisotopic (exact) mass is 574 g/mol. The molecule has 0 unspecified atom stereocenters. The van der Waals surface area contributed by atoms with E-state index >= 15 is 0 Å². The highest BCUT2D eigenvalue weighted by atomic mass is 16.6. The molecule has 42 heavy (non-hydrogen) atoms. The van der Waals surface area contributed by atoms with Gasteiger partial charge in [-0.25, -0.2) is 9.59 Å². The number of nitrogens with zero attached hydrogens (tertiary/aromatic N) is 2. The first-order valence-corrected chi connectivity index (χ1v) is 13.7. The van der Waals surface area contributed by atoms with Crippen molar-refractivity contribution in [2.75, 3.05) is 31.7 Å². The minimum Gasteiger partial charge on any atom is -0.489 e. The van der Waals surface area contributed by atoms with Gasteiger partial charge in [0, 0.05) is 12.8 Å². The number of ether oxygens (including phenoxy) is 4. The summed E-state index contributed by atoms with van der Waals surface area (Å²) < 4.78 is 24.0. The maximum absolute atomic E-state index is 12.7. The molecule has 0 spiro atoms. The van der Waals surface area contributed by atoms with E-state index < -0.39 is 30.2 Å². The van der Waals surface area contributed by atoms with E-state index in [0.29, 0.717) is 23.6 Å². The predicted molar refractivity (Wildman–Crippen MR) is 152 cm³/mol. The maximum Gasteiger partial charge on any atom is 0.407 e. The fourth-order valence-corrected chi connectivity index (χ4v) is 5.08. The third kappa shape index (κ3) is 5.73. The van der Waals surface area contributed by atoms with Crippen LogP contribution in [0.4, 0.5) is 16.3 Å². The zero-order valence-corrected chi connectivity index (χ0v) is 22.6. The third-order valence-corrected chi connectivity index (χ3v) is 7.18. The smallest absolute Gasteiger partial charge is 0.407 e. The number of hydrogen-bond acceptors (Lipinski definition) is 10. The molecule has 1 saturated heterocycles. The average molecular weight is 575 g/mol. The Bertz CT molecular complexity index is 1650. The maximum atomic E-state index is 12.7. The van der Waals surface area contributed by atoms with E-state index in [4.69, 9.17) is 18.9 Å². The molecule has 12 heteroatoms. The summed E-state index contributed by atoms with van der Waals surface area (Å²) in [6.45, 7) is 0.254. The van der Waals surface area contributed by atoms with Crippen LogP contribution in [-0.2, 0) is 15.9 Å². The molecule has 1 fully saturated rings. The van der Waals surface area contributed by atoms with Crippen LogP contribution in [0.25, 0.3) is 10.8 Å². The number of rotatable bonds is 9. The third-order valence-electron chi connectivity index (χ3n) is 7.18. The number of aromatic nitrogens is 2. The van der Waals surface area contributed by atoms with Crippen molar-refractivity contribution in [3.63, 3.8) is 0 Å². The Balaban J connectivity index is 1.01. The lowest BCUT2D eigenvalue weighted by Gasteiger charge is -2.24. The van der Waals surface area contributed by atoms with E-state index in [1.165, 1.54) is 10.8 Å². The van der Waals surface area contributed by atoms with Gasteiger partial charge < -0.3 is 39.8 Å². The fraction of sp³-hybridized carbons (Fsp3) is 0.300. The normalized spacial score (nSPS) is 18.9. The first-order valence-electron chi connectivity index (χ1n) is 13.7. The molecule has 2 aliphatic rings. The van der Waals surface area contributed by atoms with Crippen LogP contribution in [0, 0.1) is 0 Å². The molecular weight excluding hydrogens is 544 g/mol. The van der Waals surface area contributed by atoms with Crippen LogP contribution in [0.2, 0.25) is 0 Å². The molecule has 0 radical (unpaired) electrons. The van der Waals surface area contributed by atoms with Gasteiger partial charge in [-0.1, -0.05) is 48.5 Å². The molecule has 0 saturated carbocycles. The first-order chi connectivity index (χ1) is 20.5. The Labute approximate surface area is 240 Å². The van der Waals surface area contributed by atoms with E-state index in [-0.39, 0.29) is 44.4 Å². The topological polar surface area (TPSA) is 153 Å². The van der Waals surface area contributed by atoms with Crippen molar-refractivity contribution in [1.29, 1.82) is 0 Å². The summed E-state index contributed by atoms with van der Waals surface area (Å²) in [5, 5.41) is 27.4. The summed E-state index contributed by atoms with van der Waals surface area (Å²) >= 11 is 0. The predicted octanol–water partition coefficient (Wildman–Crippen LogP) is 3.23. The first kappa shape index (κ1) is 27.5. The average Bonchev–Trinajstić information content (AvgIpc) is 3.38. The molecular formula is C30H30N4O8. The second kappa shape index (κ2) is 12.1. The second-order valence-electron chi connectivity index (χ2n) is 9.91. The number of hydrogen-bond donors (Lipinski definition) is 4. The number of para-hydroxylation sites is 1. The zero-order chi connectivity index (χ0) is 29.1. The highest BCUT2D eigenvalue weighted by Crippen LogP contribution is 2.45. The van der Waals surface area contributed by atoms with Crippen LogP contribution in [0.5, 0.6) is 17.2 Å². The van der Waals surface area contributed by atoms with E-state index in [1.807, 2.05) is 24.3 Å². The van der Waals surface area contributed by atoms with Gasteiger partial charge in [0.1, 0.15) is 30.4 Å². The van der Waals surface area contributed by atoms with Crippen LogP contribution in [-0.4, -0.2) is 64.4 Å². The fourth-order valence-electron chi connectivity index (χ4n) is 5.08. The summed E-state index contributed by atoms with van der Waals surface area (Å²) in [5.74, 6) is 1.39. The van der Waals surface area contributed by atoms with E-state index in [1.54, 1.807) is 18.2 Å². The van der Waals surface area contributed by atoms with Gasteiger partial charge in [0.2, 0.25) is 0 Å². The van der Waals surface area contributed by atoms with Crippen molar-refractivity contribution in [2.45, 2.75) is 31.3 Å². The lowest BCUT2D eigenvalue weighted by Crippen LogP contribution is -2.29. The molecule has 3 atom stereocenters. The number of anilines is 2.